The van der Waals surface area contributed by atoms with Crippen molar-refractivity contribution in [2.24, 2.45) is 5.92 Å². The van der Waals surface area contributed by atoms with Crippen LogP contribution in [-0.2, 0) is 18.9 Å². The maximum absolute atomic E-state index is 12.3. The van der Waals surface area contributed by atoms with Crippen molar-refractivity contribution < 1.29 is 18.9 Å². The summed E-state index contributed by atoms with van der Waals surface area (Å²) in [5.41, 5.74) is 5.51. The van der Waals surface area contributed by atoms with Crippen LogP contribution in [0.3, 0.4) is 0 Å². The van der Waals surface area contributed by atoms with Gasteiger partial charge in [0.1, 0.15) is 17.5 Å². The number of hydrogen-bond acceptors (Lipinski definition) is 7. The Kier molecular flexibility index (Phi) is 3.34. The molecular weight excluding hydrogens is 314 g/mol. The molecule has 0 bridgehead atoms. The number of nitrogen functional groups attached to an aromatic ring is 1. The molecule has 24 heavy (non-hydrogen) atoms. The fourth-order valence-electron chi connectivity index (χ4n) is 4.15. The Morgan fingerprint density at radius 2 is 2.25 bits per heavy atom. The second-order valence-electron chi connectivity index (χ2n) is 7.18. The van der Waals surface area contributed by atoms with Crippen LogP contribution in [0, 0.1) is 12.8 Å². The van der Waals surface area contributed by atoms with Crippen LogP contribution in [0.15, 0.2) is 11.0 Å². The summed E-state index contributed by atoms with van der Waals surface area (Å²) < 4.78 is 25.1. The lowest BCUT2D eigenvalue weighted by Crippen LogP contribution is -2.78. The van der Waals surface area contributed by atoms with Crippen molar-refractivity contribution >= 4 is 5.82 Å². The van der Waals surface area contributed by atoms with Crippen LogP contribution in [0.5, 0.6) is 0 Å². The summed E-state index contributed by atoms with van der Waals surface area (Å²) in [6, 6.07) is 0. The molecule has 5 atom stereocenters. The van der Waals surface area contributed by atoms with Crippen molar-refractivity contribution in [3.05, 3.63) is 22.2 Å². The van der Waals surface area contributed by atoms with Crippen LogP contribution in [0.1, 0.15) is 32.1 Å². The summed E-state index contributed by atoms with van der Waals surface area (Å²) in [5.74, 6) is -0.334. The highest BCUT2D eigenvalue weighted by Crippen LogP contribution is 2.69. The van der Waals surface area contributed by atoms with Crippen molar-refractivity contribution in [3.8, 4) is 0 Å². The van der Waals surface area contributed by atoms with Crippen LogP contribution in [0.25, 0.3) is 0 Å². The first-order valence-corrected chi connectivity index (χ1v) is 8.19. The number of nitrogens with two attached hydrogens (primary N) is 1. The van der Waals surface area contributed by atoms with Gasteiger partial charge in [-0.1, -0.05) is 0 Å². The summed E-state index contributed by atoms with van der Waals surface area (Å²) in [7, 11) is 1.64. The van der Waals surface area contributed by atoms with Gasteiger partial charge < -0.3 is 24.7 Å². The van der Waals surface area contributed by atoms with E-state index in [-0.39, 0.29) is 23.9 Å². The third-order valence-electron chi connectivity index (χ3n) is 5.34. The van der Waals surface area contributed by atoms with E-state index in [0.717, 1.165) is 5.56 Å². The maximum Gasteiger partial charge on any atom is 0.351 e. The molecule has 0 spiro atoms. The highest BCUT2D eigenvalue weighted by Gasteiger charge is 2.82. The minimum absolute atomic E-state index is 0.0449. The summed E-state index contributed by atoms with van der Waals surface area (Å²) in [6.45, 7) is 6.23. The molecule has 1 aliphatic carbocycles. The molecule has 0 aromatic carbocycles. The zero-order valence-corrected chi connectivity index (χ0v) is 14.3. The molecule has 2 aliphatic heterocycles. The Labute approximate surface area is 139 Å². The zero-order valence-electron chi connectivity index (χ0n) is 14.3. The van der Waals surface area contributed by atoms with Crippen molar-refractivity contribution in [1.29, 1.82) is 0 Å². The molecule has 2 N–H and O–H groups in total. The van der Waals surface area contributed by atoms with Gasteiger partial charge in [-0.15, -0.1) is 0 Å². The summed E-state index contributed by atoms with van der Waals surface area (Å²) in [4.78, 5) is 16.1. The van der Waals surface area contributed by atoms with E-state index in [1.165, 1.54) is 4.57 Å². The van der Waals surface area contributed by atoms with Gasteiger partial charge in [0, 0.05) is 25.3 Å². The van der Waals surface area contributed by atoms with Crippen molar-refractivity contribution in [3.63, 3.8) is 0 Å². The number of nitrogens with zero attached hydrogens (tertiary/aromatic N) is 2. The molecular formula is C16H23N3O5. The first-order chi connectivity index (χ1) is 11.3. The van der Waals surface area contributed by atoms with Gasteiger partial charge in [0.15, 0.2) is 12.0 Å². The molecule has 4 rings (SSSR count). The van der Waals surface area contributed by atoms with E-state index in [1.807, 2.05) is 13.8 Å². The Morgan fingerprint density at radius 1 is 1.50 bits per heavy atom. The fraction of sp³-hybridized carbons (Fsp3) is 0.750. The summed E-state index contributed by atoms with van der Waals surface area (Å²) in [5, 5.41) is 0. The van der Waals surface area contributed by atoms with E-state index in [4.69, 9.17) is 24.7 Å². The molecule has 0 radical (unpaired) electrons. The Morgan fingerprint density at radius 3 is 2.92 bits per heavy atom. The molecule has 3 aliphatic rings. The van der Waals surface area contributed by atoms with E-state index in [1.54, 1.807) is 20.2 Å². The number of hydrogen-bond donors (Lipinski definition) is 1. The van der Waals surface area contributed by atoms with E-state index in [0.29, 0.717) is 13.0 Å². The summed E-state index contributed by atoms with van der Waals surface area (Å²) >= 11 is 0. The van der Waals surface area contributed by atoms with Crippen molar-refractivity contribution in [2.45, 2.75) is 57.0 Å². The minimum atomic E-state index is -0.611. The lowest BCUT2D eigenvalue weighted by Gasteiger charge is -2.64. The number of aromatic nitrogens is 2. The smallest absolute Gasteiger partial charge is 0.351 e. The molecule has 8 heteroatoms. The van der Waals surface area contributed by atoms with Gasteiger partial charge in [-0.2, -0.15) is 4.98 Å². The average molecular weight is 337 g/mol. The zero-order chi connectivity index (χ0) is 17.3. The molecule has 3 fully saturated rings. The predicted molar refractivity (Wildman–Crippen MR) is 84.3 cm³/mol. The molecule has 1 aromatic heterocycles. The van der Waals surface area contributed by atoms with E-state index in [9.17, 15) is 4.79 Å². The molecule has 3 unspecified atom stereocenters. The maximum atomic E-state index is 12.3. The van der Waals surface area contributed by atoms with Crippen LogP contribution >= 0.6 is 0 Å². The molecule has 132 valence electrons. The Balaban J connectivity index is 1.66. The third-order valence-corrected chi connectivity index (χ3v) is 5.34. The van der Waals surface area contributed by atoms with Crippen LogP contribution in [-0.4, -0.2) is 46.9 Å². The van der Waals surface area contributed by atoms with Gasteiger partial charge in [-0.05, 0) is 20.8 Å². The van der Waals surface area contributed by atoms with Gasteiger partial charge in [-0.25, -0.2) is 4.79 Å². The average Bonchev–Trinajstić information content (AvgIpc) is 2.62. The van der Waals surface area contributed by atoms with E-state index >= 15 is 0 Å². The summed E-state index contributed by atoms with van der Waals surface area (Å²) in [6.07, 6.45) is 1.57. The second kappa shape index (κ2) is 5.01. The number of methoxy groups -OCH3 is 1. The minimum Gasteiger partial charge on any atom is -0.383 e. The number of ether oxygens (including phenoxy) is 4. The van der Waals surface area contributed by atoms with Crippen molar-refractivity contribution in [2.75, 3.05) is 19.5 Å². The molecule has 3 heterocycles. The Bertz CT molecular complexity index is 735. The number of aryl methyl sites for hydroxylation is 1. The first-order valence-electron chi connectivity index (χ1n) is 8.19. The predicted octanol–water partition coefficient (Wildman–Crippen LogP) is 0.588. The van der Waals surface area contributed by atoms with Gasteiger partial charge >= 0.3 is 5.69 Å². The second-order valence-corrected chi connectivity index (χ2v) is 7.18. The van der Waals surface area contributed by atoms with Gasteiger partial charge in [0.05, 0.1) is 18.6 Å². The third kappa shape index (κ3) is 1.94. The highest BCUT2D eigenvalue weighted by atomic mass is 16.8. The quantitative estimate of drug-likeness (QED) is 0.839. The normalized spacial score (nSPS) is 39.5. The van der Waals surface area contributed by atoms with Gasteiger partial charge in [0.2, 0.25) is 0 Å². The molecule has 2 saturated heterocycles. The van der Waals surface area contributed by atoms with Crippen LogP contribution in [0.4, 0.5) is 5.82 Å². The lowest BCUT2D eigenvalue weighted by molar-refractivity contribution is -0.442. The standard InChI is InChI=1S/C16H23N3O5/c1-8(2)22-7-15-6-16(21-4)11(15)10(23-16)13(24-15)19-5-9(3)12(17)18-14(19)20/h5,8,10-11,13H,6-7H2,1-4H3,(H2,17,18,20)/t10?,11?,13-,15-,16?/m1/s1. The van der Waals surface area contributed by atoms with Crippen LogP contribution in [0.2, 0.25) is 0 Å². The fourth-order valence-corrected chi connectivity index (χ4v) is 4.15. The lowest BCUT2D eigenvalue weighted by atomic mass is 9.59. The Hall–Kier alpha value is -1.48. The van der Waals surface area contributed by atoms with E-state index in [2.05, 4.69) is 4.98 Å². The molecule has 1 saturated carbocycles. The monoisotopic (exact) mass is 337 g/mol. The van der Waals surface area contributed by atoms with Gasteiger partial charge in [0.25, 0.3) is 0 Å². The number of rotatable bonds is 5. The first kappa shape index (κ1) is 16.0. The SMILES string of the molecule is COC12C[C@]3(COC(C)C)O[C@@H](n4cc(C)c(N)nc4=O)C(O1)C23. The van der Waals surface area contributed by atoms with Crippen molar-refractivity contribution in [1.82, 2.24) is 9.55 Å². The molecule has 1 aromatic rings. The topological polar surface area (TPSA) is 97.8 Å². The highest BCUT2D eigenvalue weighted by molar-refractivity contribution is 5.35. The van der Waals surface area contributed by atoms with Gasteiger partial charge in [-0.3, -0.25) is 4.57 Å². The van der Waals surface area contributed by atoms with E-state index < -0.39 is 23.3 Å². The molecule has 0 amide bonds. The number of anilines is 1. The van der Waals surface area contributed by atoms with Crippen LogP contribution < -0.4 is 11.4 Å². The molecule has 8 nitrogen and oxygen atoms in total. The largest absolute Gasteiger partial charge is 0.383 e.